The van der Waals surface area contributed by atoms with Gasteiger partial charge in [0.15, 0.2) is 0 Å². The smallest absolute Gasteiger partial charge is 0.0674 e. The zero-order valence-corrected chi connectivity index (χ0v) is 8.52. The molecule has 2 N–H and O–H groups in total. The van der Waals surface area contributed by atoms with Crippen molar-refractivity contribution in [3.63, 3.8) is 0 Å². The second-order valence-electron chi connectivity index (χ2n) is 4.02. The number of benzene rings is 1. The van der Waals surface area contributed by atoms with Crippen molar-refractivity contribution in [2.24, 2.45) is 0 Å². The average Bonchev–Trinajstić information content (AvgIpc) is 2.85. The fraction of sp³-hybridized carbons (Fsp3) is 0.333. The van der Waals surface area contributed by atoms with Crippen LogP contribution < -0.4 is 5.73 Å². The van der Waals surface area contributed by atoms with E-state index in [1.54, 1.807) is 0 Å². The molecular weight excluding hydrogens is 188 g/mol. The van der Waals surface area contributed by atoms with Gasteiger partial charge in [-0.1, -0.05) is 6.07 Å². The molecule has 0 radical (unpaired) electrons. The van der Waals surface area contributed by atoms with Crippen molar-refractivity contribution in [1.29, 1.82) is 0 Å². The molecule has 3 heteroatoms. The first-order chi connectivity index (χ1) is 7.36. The molecule has 78 valence electrons. The van der Waals surface area contributed by atoms with E-state index in [0.29, 0.717) is 6.04 Å². The van der Waals surface area contributed by atoms with Gasteiger partial charge in [-0.25, -0.2) is 0 Å². The van der Waals surface area contributed by atoms with Gasteiger partial charge in [0.2, 0.25) is 0 Å². The van der Waals surface area contributed by atoms with E-state index in [2.05, 4.69) is 22.9 Å². The number of fused-ring (bicyclic) bond motifs is 1. The monoisotopic (exact) mass is 202 g/mol. The lowest BCUT2D eigenvalue weighted by Gasteiger charge is -2.11. The first-order valence-electron chi connectivity index (χ1n) is 5.29. The molecule has 0 saturated carbocycles. The van der Waals surface area contributed by atoms with Crippen LogP contribution >= 0.6 is 0 Å². The van der Waals surface area contributed by atoms with Gasteiger partial charge in [-0.15, -0.1) is 0 Å². The van der Waals surface area contributed by atoms with Gasteiger partial charge < -0.3 is 15.0 Å². The fourth-order valence-electron chi connectivity index (χ4n) is 2.27. The number of aromatic nitrogens is 1. The highest BCUT2D eigenvalue weighted by molar-refractivity contribution is 5.91. The van der Waals surface area contributed by atoms with Gasteiger partial charge in [0.1, 0.15) is 0 Å². The maximum atomic E-state index is 5.92. The number of ether oxygens (including phenoxy) is 1. The highest BCUT2D eigenvalue weighted by Crippen LogP contribution is 2.28. The van der Waals surface area contributed by atoms with Crippen LogP contribution in [0.2, 0.25) is 0 Å². The Bertz CT molecular complexity index is 483. The molecule has 1 atom stereocenters. The number of nitrogen functional groups attached to an aromatic ring is 1. The minimum absolute atomic E-state index is 0.476. The molecule has 1 aliphatic heterocycles. The second kappa shape index (κ2) is 3.28. The molecule has 0 unspecified atom stereocenters. The third-order valence-electron chi connectivity index (χ3n) is 3.10. The molecule has 0 bridgehead atoms. The zero-order chi connectivity index (χ0) is 10.3. The van der Waals surface area contributed by atoms with Crippen LogP contribution in [0.4, 0.5) is 5.69 Å². The topological polar surface area (TPSA) is 40.2 Å². The van der Waals surface area contributed by atoms with Crippen molar-refractivity contribution in [1.82, 2.24) is 4.57 Å². The summed E-state index contributed by atoms with van der Waals surface area (Å²) in [7, 11) is 0. The summed E-state index contributed by atoms with van der Waals surface area (Å²) in [6.45, 7) is 1.69. The molecule has 2 heterocycles. The Morgan fingerprint density at radius 3 is 3.07 bits per heavy atom. The highest BCUT2D eigenvalue weighted by Gasteiger charge is 2.18. The van der Waals surface area contributed by atoms with Crippen LogP contribution in [0.25, 0.3) is 10.9 Å². The van der Waals surface area contributed by atoms with Gasteiger partial charge in [0, 0.05) is 23.9 Å². The number of nitrogens with zero attached hydrogens (tertiary/aromatic N) is 1. The van der Waals surface area contributed by atoms with Crippen molar-refractivity contribution in [3.8, 4) is 0 Å². The van der Waals surface area contributed by atoms with Gasteiger partial charge in [0.25, 0.3) is 0 Å². The van der Waals surface area contributed by atoms with Gasteiger partial charge in [-0.3, -0.25) is 0 Å². The van der Waals surface area contributed by atoms with Crippen LogP contribution in [0.3, 0.4) is 0 Å². The third kappa shape index (κ3) is 1.31. The predicted molar refractivity (Wildman–Crippen MR) is 60.8 cm³/mol. The van der Waals surface area contributed by atoms with E-state index in [1.807, 2.05) is 12.1 Å². The molecule has 0 aliphatic carbocycles. The normalized spacial score (nSPS) is 21.2. The Labute approximate surface area is 88.4 Å². The molecule has 0 amide bonds. The number of nitrogens with two attached hydrogens (primary N) is 1. The van der Waals surface area contributed by atoms with Crippen LogP contribution in [-0.2, 0) is 4.74 Å². The number of hydrogen-bond acceptors (Lipinski definition) is 2. The van der Waals surface area contributed by atoms with E-state index in [0.717, 1.165) is 30.7 Å². The SMILES string of the molecule is Nc1cccc2c1ccn2[C@@H]1CCOC1. The molecule has 1 aromatic carbocycles. The Morgan fingerprint density at radius 2 is 2.27 bits per heavy atom. The van der Waals surface area contributed by atoms with E-state index in [9.17, 15) is 0 Å². The highest BCUT2D eigenvalue weighted by atomic mass is 16.5. The zero-order valence-electron chi connectivity index (χ0n) is 8.52. The molecule has 15 heavy (non-hydrogen) atoms. The van der Waals surface area contributed by atoms with Crippen molar-refractivity contribution < 1.29 is 4.74 Å². The minimum Gasteiger partial charge on any atom is -0.398 e. The molecule has 1 aromatic heterocycles. The Hall–Kier alpha value is -1.48. The summed E-state index contributed by atoms with van der Waals surface area (Å²) in [4.78, 5) is 0. The van der Waals surface area contributed by atoms with Crippen LogP contribution in [0.5, 0.6) is 0 Å². The summed E-state index contributed by atoms with van der Waals surface area (Å²) in [6.07, 6.45) is 3.21. The van der Waals surface area contributed by atoms with E-state index < -0.39 is 0 Å². The minimum atomic E-state index is 0.476. The molecule has 0 spiro atoms. The first-order valence-corrected chi connectivity index (χ1v) is 5.29. The van der Waals surface area contributed by atoms with E-state index in [-0.39, 0.29) is 0 Å². The molecule has 1 saturated heterocycles. The molecule has 3 rings (SSSR count). The summed E-state index contributed by atoms with van der Waals surface area (Å²) >= 11 is 0. The standard InChI is InChI=1S/C12H14N2O/c13-11-2-1-3-12-10(11)4-6-14(12)9-5-7-15-8-9/h1-4,6,9H,5,7-8,13H2/t9-/m1/s1. The molecular formula is C12H14N2O. The Morgan fingerprint density at radius 1 is 1.33 bits per heavy atom. The van der Waals surface area contributed by atoms with Crippen molar-refractivity contribution >= 4 is 16.6 Å². The Balaban J connectivity index is 2.15. The second-order valence-corrected chi connectivity index (χ2v) is 4.02. The van der Waals surface area contributed by atoms with Gasteiger partial charge >= 0.3 is 0 Å². The third-order valence-corrected chi connectivity index (χ3v) is 3.10. The van der Waals surface area contributed by atoms with Crippen molar-refractivity contribution in [2.75, 3.05) is 18.9 Å². The largest absolute Gasteiger partial charge is 0.398 e. The maximum Gasteiger partial charge on any atom is 0.0674 e. The average molecular weight is 202 g/mol. The van der Waals surface area contributed by atoms with E-state index in [4.69, 9.17) is 10.5 Å². The molecule has 1 fully saturated rings. The van der Waals surface area contributed by atoms with Gasteiger partial charge in [-0.05, 0) is 24.6 Å². The van der Waals surface area contributed by atoms with Crippen LogP contribution in [0.15, 0.2) is 30.5 Å². The summed E-state index contributed by atoms with van der Waals surface area (Å²) in [5.41, 5.74) is 7.99. The molecule has 1 aliphatic rings. The van der Waals surface area contributed by atoms with E-state index >= 15 is 0 Å². The van der Waals surface area contributed by atoms with Gasteiger partial charge in [0.05, 0.1) is 18.2 Å². The van der Waals surface area contributed by atoms with Crippen LogP contribution in [0.1, 0.15) is 12.5 Å². The quantitative estimate of drug-likeness (QED) is 0.720. The summed E-state index contributed by atoms with van der Waals surface area (Å²) in [5.74, 6) is 0. The van der Waals surface area contributed by atoms with E-state index in [1.165, 1.54) is 5.52 Å². The molecule has 3 nitrogen and oxygen atoms in total. The predicted octanol–water partition coefficient (Wildman–Crippen LogP) is 2.18. The lowest BCUT2D eigenvalue weighted by molar-refractivity contribution is 0.187. The number of hydrogen-bond donors (Lipinski definition) is 1. The fourth-order valence-corrected chi connectivity index (χ4v) is 2.27. The lowest BCUT2D eigenvalue weighted by Crippen LogP contribution is -2.06. The lowest BCUT2D eigenvalue weighted by atomic mass is 10.2. The summed E-state index contributed by atoms with van der Waals surface area (Å²) in [6, 6.07) is 8.62. The number of anilines is 1. The van der Waals surface area contributed by atoms with Crippen molar-refractivity contribution in [3.05, 3.63) is 30.5 Å². The van der Waals surface area contributed by atoms with Gasteiger partial charge in [-0.2, -0.15) is 0 Å². The Kier molecular flexibility index (Phi) is 1.92. The van der Waals surface area contributed by atoms with Crippen LogP contribution in [-0.4, -0.2) is 17.8 Å². The van der Waals surface area contributed by atoms with Crippen LogP contribution in [0, 0.1) is 0 Å². The first kappa shape index (κ1) is 8.80. The number of rotatable bonds is 1. The maximum absolute atomic E-state index is 5.92. The van der Waals surface area contributed by atoms with Crippen molar-refractivity contribution in [2.45, 2.75) is 12.5 Å². The summed E-state index contributed by atoms with van der Waals surface area (Å²) in [5, 5.41) is 1.14. The summed E-state index contributed by atoms with van der Waals surface area (Å²) < 4.78 is 7.68. The molecule has 2 aromatic rings.